The summed E-state index contributed by atoms with van der Waals surface area (Å²) in [6, 6.07) is 24.9. The maximum absolute atomic E-state index is 13.3. The van der Waals surface area contributed by atoms with Crippen LogP contribution in [-0.4, -0.2) is 34.4 Å². The highest BCUT2D eigenvalue weighted by Gasteiger charge is 2.35. The van der Waals surface area contributed by atoms with Gasteiger partial charge in [-0.05, 0) is 60.7 Å². The third-order valence-electron chi connectivity index (χ3n) is 6.21. The van der Waals surface area contributed by atoms with Crippen molar-refractivity contribution in [3.8, 4) is 17.1 Å². The van der Waals surface area contributed by atoms with Gasteiger partial charge in [-0.25, -0.2) is 4.79 Å². The van der Waals surface area contributed by atoms with Crippen LogP contribution in [0.5, 0.6) is 5.75 Å². The lowest BCUT2D eigenvalue weighted by molar-refractivity contribution is 0.203. The van der Waals surface area contributed by atoms with Crippen molar-refractivity contribution in [2.75, 3.05) is 13.4 Å². The van der Waals surface area contributed by atoms with Gasteiger partial charge in [0.05, 0.1) is 25.3 Å². The molecular weight excluding hydrogens is 472 g/mol. The number of rotatable bonds is 7. The molecule has 1 atom stereocenters. The Morgan fingerprint density at radius 1 is 1.06 bits per heavy atom. The minimum absolute atomic E-state index is 0.194. The number of ether oxygens (including phenoxy) is 1. The van der Waals surface area contributed by atoms with Crippen LogP contribution in [0.2, 0.25) is 0 Å². The molecular formula is C28H26N4O3S. The molecule has 0 bridgehead atoms. The van der Waals surface area contributed by atoms with E-state index >= 15 is 0 Å². The molecule has 182 valence electrons. The van der Waals surface area contributed by atoms with E-state index in [9.17, 15) is 4.79 Å². The molecule has 2 heterocycles. The molecule has 0 spiro atoms. The van der Waals surface area contributed by atoms with Crippen molar-refractivity contribution < 1.29 is 14.1 Å². The summed E-state index contributed by atoms with van der Waals surface area (Å²) in [5.41, 5.74) is 4.27. The van der Waals surface area contributed by atoms with Crippen LogP contribution in [0.1, 0.15) is 30.0 Å². The smallest absolute Gasteiger partial charge is 0.322 e. The fourth-order valence-electron chi connectivity index (χ4n) is 4.29. The summed E-state index contributed by atoms with van der Waals surface area (Å²) >= 11 is 1.68. The first-order chi connectivity index (χ1) is 17.6. The molecule has 0 aliphatic carbocycles. The van der Waals surface area contributed by atoms with Crippen molar-refractivity contribution in [1.82, 2.24) is 20.4 Å². The van der Waals surface area contributed by atoms with Gasteiger partial charge >= 0.3 is 6.03 Å². The number of amides is 2. The number of urea groups is 1. The third kappa shape index (κ3) is 4.72. The second-order valence-corrected chi connectivity index (χ2v) is 9.26. The highest BCUT2D eigenvalue weighted by atomic mass is 32.2. The zero-order valence-electron chi connectivity index (χ0n) is 20.3. The van der Waals surface area contributed by atoms with Gasteiger partial charge in [0.2, 0.25) is 5.82 Å². The predicted octanol–water partition coefficient (Wildman–Crippen LogP) is 6.16. The average Bonchev–Trinajstić information content (AvgIpc) is 3.41. The monoisotopic (exact) mass is 498 g/mol. The number of aromatic nitrogens is 2. The Bertz CT molecular complexity index is 1400. The van der Waals surface area contributed by atoms with E-state index in [1.54, 1.807) is 23.8 Å². The van der Waals surface area contributed by atoms with Crippen LogP contribution in [0, 0.1) is 0 Å². The van der Waals surface area contributed by atoms with Crippen LogP contribution in [-0.2, 0) is 6.54 Å². The number of nitrogens with one attached hydrogen (secondary N) is 1. The number of hydrogen-bond acceptors (Lipinski definition) is 6. The molecule has 2 amide bonds. The Morgan fingerprint density at radius 2 is 1.83 bits per heavy atom. The number of thioether (sulfide) groups is 1. The molecule has 1 aliphatic heterocycles. The average molecular weight is 499 g/mol. The van der Waals surface area contributed by atoms with Crippen LogP contribution in [0.25, 0.3) is 17.0 Å². The zero-order valence-corrected chi connectivity index (χ0v) is 21.1. The van der Waals surface area contributed by atoms with E-state index in [0.717, 1.165) is 38.6 Å². The van der Waals surface area contributed by atoms with Gasteiger partial charge in [-0.3, -0.25) is 4.90 Å². The lowest BCUT2D eigenvalue weighted by Gasteiger charge is -2.35. The second-order valence-electron chi connectivity index (χ2n) is 8.38. The molecule has 0 saturated heterocycles. The van der Waals surface area contributed by atoms with Crippen LogP contribution >= 0.6 is 11.8 Å². The Balaban J connectivity index is 1.56. The lowest BCUT2D eigenvalue weighted by Crippen LogP contribution is -2.45. The summed E-state index contributed by atoms with van der Waals surface area (Å²) < 4.78 is 11.1. The van der Waals surface area contributed by atoms with E-state index in [-0.39, 0.29) is 6.03 Å². The number of benzene rings is 3. The summed E-state index contributed by atoms with van der Waals surface area (Å²) in [5.74, 6) is 1.62. The number of hydrogen-bond donors (Lipinski definition) is 1. The molecule has 1 N–H and O–H groups in total. The summed E-state index contributed by atoms with van der Waals surface area (Å²) in [6.45, 7) is 2.29. The highest BCUT2D eigenvalue weighted by molar-refractivity contribution is 7.98. The normalized spacial score (nSPS) is 15.7. The molecule has 5 rings (SSSR count). The minimum Gasteiger partial charge on any atom is -0.497 e. The lowest BCUT2D eigenvalue weighted by atomic mass is 9.94. The molecule has 7 nitrogen and oxygen atoms in total. The number of allylic oxidation sites excluding steroid dienone is 1. The molecule has 0 fully saturated rings. The third-order valence-corrected chi connectivity index (χ3v) is 6.95. The molecule has 1 aromatic heterocycles. The fourth-order valence-corrected chi connectivity index (χ4v) is 4.70. The molecule has 1 aliphatic rings. The topological polar surface area (TPSA) is 80.5 Å². The molecule has 0 radical (unpaired) electrons. The Kier molecular flexibility index (Phi) is 6.77. The molecule has 3 aromatic carbocycles. The number of carbonyl (C=O) groups is 1. The Labute approximate surface area is 214 Å². The van der Waals surface area contributed by atoms with E-state index in [2.05, 4.69) is 10.5 Å². The van der Waals surface area contributed by atoms with Crippen molar-refractivity contribution in [2.24, 2.45) is 0 Å². The van der Waals surface area contributed by atoms with Crippen molar-refractivity contribution in [3.05, 3.63) is 102 Å². The Hall–Kier alpha value is -4.04. The first-order valence-corrected chi connectivity index (χ1v) is 12.7. The predicted molar refractivity (Wildman–Crippen MR) is 140 cm³/mol. The van der Waals surface area contributed by atoms with Crippen LogP contribution < -0.4 is 10.1 Å². The largest absolute Gasteiger partial charge is 0.497 e. The van der Waals surface area contributed by atoms with Gasteiger partial charge in [-0.15, -0.1) is 11.8 Å². The van der Waals surface area contributed by atoms with Crippen LogP contribution in [0.3, 0.4) is 0 Å². The summed E-state index contributed by atoms with van der Waals surface area (Å²) in [7, 11) is 1.63. The highest BCUT2D eigenvalue weighted by Crippen LogP contribution is 2.38. The van der Waals surface area contributed by atoms with Crippen molar-refractivity contribution >= 4 is 23.4 Å². The van der Waals surface area contributed by atoms with E-state index in [1.807, 2.05) is 92.0 Å². The molecule has 4 aromatic rings. The van der Waals surface area contributed by atoms with E-state index in [1.165, 1.54) is 0 Å². The summed E-state index contributed by atoms with van der Waals surface area (Å²) in [6.07, 6.45) is 2.04. The van der Waals surface area contributed by atoms with Gasteiger partial charge in [0, 0.05) is 16.2 Å². The summed E-state index contributed by atoms with van der Waals surface area (Å²) in [5, 5.41) is 7.40. The van der Waals surface area contributed by atoms with Crippen LogP contribution in [0.4, 0.5) is 4.79 Å². The van der Waals surface area contributed by atoms with Gasteiger partial charge in [0.15, 0.2) is 0 Å². The van der Waals surface area contributed by atoms with Crippen LogP contribution in [0.15, 0.2) is 94.0 Å². The maximum atomic E-state index is 13.3. The van der Waals surface area contributed by atoms with E-state index in [4.69, 9.17) is 14.2 Å². The number of methoxy groups -OCH3 is 1. The minimum atomic E-state index is -0.424. The Morgan fingerprint density at radius 3 is 2.56 bits per heavy atom. The maximum Gasteiger partial charge on any atom is 0.322 e. The van der Waals surface area contributed by atoms with Crippen molar-refractivity contribution in [3.63, 3.8) is 0 Å². The standard InChI is InChI=1S/C28H26N4O3S/c1-18-24(27-30-26(31-35-27)21-12-14-23(36-3)15-13-21)25(20-9-5-4-6-10-20)29-28(33)32(18)17-19-8-7-11-22(16-19)34-2/h4-16,25H,17H2,1-3H3,(H,29,33). The molecule has 8 heteroatoms. The molecule has 0 saturated carbocycles. The molecule has 1 unspecified atom stereocenters. The summed E-state index contributed by atoms with van der Waals surface area (Å²) in [4.78, 5) is 20.9. The van der Waals surface area contributed by atoms with Gasteiger partial charge in [-0.2, -0.15) is 4.98 Å². The SMILES string of the molecule is COc1cccc(CN2C(=O)NC(c3ccccc3)C(c3nc(-c4ccc(SC)cc4)no3)=C2C)c1. The van der Waals surface area contributed by atoms with E-state index < -0.39 is 6.04 Å². The fraction of sp³-hybridized carbons (Fsp3) is 0.179. The number of carbonyl (C=O) groups excluding carboxylic acids is 1. The quantitative estimate of drug-likeness (QED) is 0.307. The van der Waals surface area contributed by atoms with E-state index in [0.29, 0.717) is 18.3 Å². The first kappa shape index (κ1) is 23.7. The van der Waals surface area contributed by atoms with Crippen molar-refractivity contribution in [1.29, 1.82) is 0 Å². The first-order valence-electron chi connectivity index (χ1n) is 11.5. The second kappa shape index (κ2) is 10.3. The van der Waals surface area contributed by atoms with Gasteiger partial charge in [-0.1, -0.05) is 47.6 Å². The van der Waals surface area contributed by atoms with Gasteiger partial charge in [0.1, 0.15) is 5.75 Å². The zero-order chi connectivity index (χ0) is 25.1. The molecule has 36 heavy (non-hydrogen) atoms. The van der Waals surface area contributed by atoms with Gasteiger partial charge < -0.3 is 14.6 Å². The van der Waals surface area contributed by atoms with Gasteiger partial charge in [0.25, 0.3) is 5.89 Å². The number of nitrogens with zero attached hydrogens (tertiary/aromatic N) is 3. The van der Waals surface area contributed by atoms with Crippen molar-refractivity contribution in [2.45, 2.75) is 24.4 Å².